The van der Waals surface area contributed by atoms with Crippen LogP contribution in [0.5, 0.6) is 0 Å². The molecule has 20 heavy (non-hydrogen) atoms. The summed E-state index contributed by atoms with van der Waals surface area (Å²) in [7, 11) is 0. The van der Waals surface area contributed by atoms with Gasteiger partial charge in [-0.3, -0.25) is 0 Å². The van der Waals surface area contributed by atoms with Gasteiger partial charge in [0, 0.05) is 30.9 Å². The Balaban J connectivity index is 2.15. The van der Waals surface area contributed by atoms with E-state index in [1.54, 1.807) is 12.3 Å². The van der Waals surface area contributed by atoms with E-state index in [1.165, 1.54) is 0 Å². The average molecular weight is 279 g/mol. The summed E-state index contributed by atoms with van der Waals surface area (Å²) in [6.45, 7) is 8.75. The van der Waals surface area contributed by atoms with Gasteiger partial charge in [-0.15, -0.1) is 0 Å². The van der Waals surface area contributed by atoms with Gasteiger partial charge in [-0.1, -0.05) is 20.8 Å². The third kappa shape index (κ3) is 3.92. The van der Waals surface area contributed by atoms with E-state index in [2.05, 4.69) is 29.0 Å². The smallest absolute Gasteiger partial charge is 0.170 e. The molecule has 0 atom stereocenters. The second-order valence-corrected chi connectivity index (χ2v) is 6.00. The molecule has 1 aromatic heterocycles. The molecule has 112 valence electrons. The number of aromatic nitrogens is 1. The summed E-state index contributed by atoms with van der Waals surface area (Å²) in [4.78, 5) is 6.48. The number of pyridine rings is 1. The molecule has 0 amide bonds. The molecule has 0 saturated heterocycles. The predicted octanol–water partition coefficient (Wildman–Crippen LogP) is 3.35. The molecule has 3 nitrogen and oxygen atoms in total. The molecule has 1 N–H and O–H groups in total. The Morgan fingerprint density at radius 2 is 2.20 bits per heavy atom. The highest BCUT2D eigenvalue weighted by Gasteiger charge is 2.31. The molecule has 0 spiro atoms. The Morgan fingerprint density at radius 1 is 1.45 bits per heavy atom. The third-order valence-corrected chi connectivity index (χ3v) is 3.72. The minimum atomic E-state index is -0.149. The fraction of sp³-hybridized carbons (Fsp3) is 0.688. The fourth-order valence-corrected chi connectivity index (χ4v) is 2.31. The maximum atomic E-state index is 14.6. The van der Waals surface area contributed by atoms with Crippen molar-refractivity contribution in [3.8, 4) is 0 Å². The molecule has 0 unspecified atom stereocenters. The lowest BCUT2D eigenvalue weighted by Crippen LogP contribution is -2.30. The van der Waals surface area contributed by atoms with Gasteiger partial charge < -0.3 is 10.2 Å². The number of hydrogen-bond donors (Lipinski definition) is 1. The topological polar surface area (TPSA) is 28.2 Å². The number of hydrogen-bond acceptors (Lipinski definition) is 3. The molecular formula is C16H26FN3. The summed E-state index contributed by atoms with van der Waals surface area (Å²) in [6.07, 6.45) is 5.14. The number of halogens is 1. The lowest BCUT2D eigenvalue weighted by Gasteiger charge is -2.25. The summed E-state index contributed by atoms with van der Waals surface area (Å²) < 4.78 is 14.6. The van der Waals surface area contributed by atoms with Gasteiger partial charge in [0.05, 0.1) is 0 Å². The van der Waals surface area contributed by atoms with Crippen molar-refractivity contribution in [2.75, 3.05) is 18.0 Å². The van der Waals surface area contributed by atoms with E-state index < -0.39 is 0 Å². The molecular weight excluding hydrogens is 253 g/mol. The van der Waals surface area contributed by atoms with E-state index in [0.29, 0.717) is 29.9 Å². The van der Waals surface area contributed by atoms with Crippen LogP contribution in [0.15, 0.2) is 12.3 Å². The van der Waals surface area contributed by atoms with Crippen molar-refractivity contribution in [3.05, 3.63) is 23.6 Å². The molecule has 4 heteroatoms. The van der Waals surface area contributed by atoms with E-state index in [9.17, 15) is 4.39 Å². The van der Waals surface area contributed by atoms with Gasteiger partial charge in [-0.2, -0.15) is 0 Å². The van der Waals surface area contributed by atoms with Gasteiger partial charge >= 0.3 is 0 Å². The molecule has 1 heterocycles. The zero-order valence-electron chi connectivity index (χ0n) is 12.8. The molecule has 1 aliphatic carbocycles. The summed E-state index contributed by atoms with van der Waals surface area (Å²) in [5.74, 6) is 1.02. The highest BCUT2D eigenvalue weighted by Crippen LogP contribution is 2.33. The van der Waals surface area contributed by atoms with Gasteiger partial charge in [-0.05, 0) is 37.8 Å². The first-order valence-corrected chi connectivity index (χ1v) is 7.74. The van der Waals surface area contributed by atoms with Crippen molar-refractivity contribution in [1.82, 2.24) is 10.3 Å². The van der Waals surface area contributed by atoms with Crippen LogP contribution >= 0.6 is 0 Å². The zero-order chi connectivity index (χ0) is 14.5. The van der Waals surface area contributed by atoms with Crippen molar-refractivity contribution in [2.24, 2.45) is 5.92 Å². The summed E-state index contributed by atoms with van der Waals surface area (Å²) in [5.41, 5.74) is 0.715. The lowest BCUT2D eigenvalue weighted by molar-refractivity contribution is 0.546. The van der Waals surface area contributed by atoms with Crippen LogP contribution in [-0.2, 0) is 6.54 Å². The van der Waals surface area contributed by atoms with E-state index in [4.69, 9.17) is 0 Å². The third-order valence-electron chi connectivity index (χ3n) is 3.72. The normalized spacial score (nSPS) is 14.8. The van der Waals surface area contributed by atoms with Crippen LogP contribution < -0.4 is 10.2 Å². The summed E-state index contributed by atoms with van der Waals surface area (Å²) >= 11 is 0. The van der Waals surface area contributed by atoms with E-state index in [0.717, 1.165) is 32.4 Å². The van der Waals surface area contributed by atoms with Crippen LogP contribution in [0.2, 0.25) is 0 Å². The van der Waals surface area contributed by atoms with Crippen LogP contribution in [0.25, 0.3) is 0 Å². The summed E-state index contributed by atoms with van der Waals surface area (Å²) in [5, 5.41) is 3.18. The Bertz CT molecular complexity index is 430. The van der Waals surface area contributed by atoms with E-state index in [-0.39, 0.29) is 5.82 Å². The molecule has 0 aliphatic heterocycles. The van der Waals surface area contributed by atoms with Crippen molar-refractivity contribution in [3.63, 3.8) is 0 Å². The number of anilines is 1. The molecule has 1 aliphatic rings. The lowest BCUT2D eigenvalue weighted by atomic mass is 10.1. The Labute approximate surface area is 121 Å². The Hall–Kier alpha value is -1.16. The monoisotopic (exact) mass is 279 g/mol. The van der Waals surface area contributed by atoms with Gasteiger partial charge in [0.1, 0.15) is 0 Å². The number of nitrogens with one attached hydrogen (secondary N) is 1. The van der Waals surface area contributed by atoms with Crippen LogP contribution in [0.1, 0.15) is 45.6 Å². The molecule has 2 rings (SSSR count). The minimum absolute atomic E-state index is 0.149. The largest absolute Gasteiger partial charge is 0.351 e. The van der Waals surface area contributed by atoms with E-state index in [1.807, 2.05) is 6.92 Å². The molecule has 1 fully saturated rings. The van der Waals surface area contributed by atoms with E-state index >= 15 is 0 Å². The average Bonchev–Trinajstić information content (AvgIpc) is 3.23. The maximum absolute atomic E-state index is 14.6. The van der Waals surface area contributed by atoms with Crippen LogP contribution in [-0.4, -0.2) is 24.1 Å². The molecule has 0 aromatic carbocycles. The molecule has 1 aromatic rings. The fourth-order valence-electron chi connectivity index (χ4n) is 2.31. The molecule has 0 radical (unpaired) electrons. The summed E-state index contributed by atoms with van der Waals surface area (Å²) in [6, 6.07) is 2.26. The highest BCUT2D eigenvalue weighted by atomic mass is 19.1. The van der Waals surface area contributed by atoms with Crippen LogP contribution in [0, 0.1) is 11.7 Å². The van der Waals surface area contributed by atoms with Crippen LogP contribution in [0.3, 0.4) is 0 Å². The van der Waals surface area contributed by atoms with Gasteiger partial charge in [0.25, 0.3) is 0 Å². The predicted molar refractivity (Wildman–Crippen MR) is 81.4 cm³/mol. The first kappa shape index (κ1) is 15.2. The van der Waals surface area contributed by atoms with Gasteiger partial charge in [0.15, 0.2) is 11.6 Å². The van der Waals surface area contributed by atoms with Crippen molar-refractivity contribution < 1.29 is 4.39 Å². The second kappa shape index (κ2) is 7.02. The van der Waals surface area contributed by atoms with Crippen molar-refractivity contribution in [2.45, 2.75) is 52.6 Å². The van der Waals surface area contributed by atoms with Gasteiger partial charge in [0.2, 0.25) is 0 Å². The first-order valence-electron chi connectivity index (χ1n) is 7.74. The minimum Gasteiger partial charge on any atom is -0.351 e. The standard InChI is InChI=1S/C16H26FN3/c1-4-18-11-13-7-9-19-16(15(13)17)20(14-5-6-14)10-8-12(2)3/h7,9,12,14,18H,4-6,8,10-11H2,1-3H3. The maximum Gasteiger partial charge on any atom is 0.170 e. The Morgan fingerprint density at radius 3 is 2.80 bits per heavy atom. The van der Waals surface area contributed by atoms with Crippen molar-refractivity contribution in [1.29, 1.82) is 0 Å². The zero-order valence-corrected chi connectivity index (χ0v) is 12.8. The highest BCUT2D eigenvalue weighted by molar-refractivity contribution is 5.45. The van der Waals surface area contributed by atoms with Gasteiger partial charge in [-0.25, -0.2) is 9.37 Å². The van der Waals surface area contributed by atoms with Crippen molar-refractivity contribution >= 4 is 5.82 Å². The molecule has 1 saturated carbocycles. The number of nitrogens with zero attached hydrogens (tertiary/aromatic N) is 2. The van der Waals surface area contributed by atoms with Crippen LogP contribution in [0.4, 0.5) is 10.2 Å². The second-order valence-electron chi connectivity index (χ2n) is 6.00. The Kier molecular flexibility index (Phi) is 5.35. The molecule has 0 bridgehead atoms. The SMILES string of the molecule is CCNCc1ccnc(N(CCC(C)C)C2CC2)c1F. The number of rotatable bonds is 8. The quantitative estimate of drug-likeness (QED) is 0.791. The first-order chi connectivity index (χ1) is 9.63.